The number of nitrogens with zero attached hydrogens (tertiary/aromatic N) is 3. The molecule has 0 unspecified atom stereocenters. The Labute approximate surface area is 131 Å². The molecule has 1 fully saturated rings. The summed E-state index contributed by atoms with van der Waals surface area (Å²) in [5.74, 6) is 1.13. The zero-order valence-electron chi connectivity index (χ0n) is 13.4. The van der Waals surface area contributed by atoms with Crippen molar-refractivity contribution in [2.24, 2.45) is 0 Å². The summed E-state index contributed by atoms with van der Waals surface area (Å²) < 4.78 is 2.27. The molecular formula is C15H28N4OS. The van der Waals surface area contributed by atoms with Crippen molar-refractivity contribution >= 4 is 11.8 Å². The van der Waals surface area contributed by atoms with Gasteiger partial charge in [0.25, 0.3) is 0 Å². The molecule has 0 radical (unpaired) electrons. The smallest absolute Gasteiger partial charge is 0.108 e. The highest BCUT2D eigenvalue weighted by Crippen LogP contribution is 2.28. The van der Waals surface area contributed by atoms with Crippen molar-refractivity contribution < 1.29 is 5.11 Å². The minimum atomic E-state index is -0.0347. The lowest BCUT2D eigenvalue weighted by atomic mass is 9.90. The van der Waals surface area contributed by atoms with Crippen LogP contribution < -0.4 is 5.32 Å². The predicted molar refractivity (Wildman–Crippen MR) is 87.5 cm³/mol. The Hall–Kier alpha value is -0.590. The summed E-state index contributed by atoms with van der Waals surface area (Å²) in [5.41, 5.74) is 0.655. The Morgan fingerprint density at radius 1 is 1.38 bits per heavy atom. The van der Waals surface area contributed by atoms with Gasteiger partial charge in [0, 0.05) is 23.1 Å². The fourth-order valence-corrected chi connectivity index (χ4v) is 3.65. The second-order valence-corrected chi connectivity index (χ2v) is 8.64. The van der Waals surface area contributed by atoms with Crippen LogP contribution in [0.15, 0.2) is 6.20 Å². The molecule has 1 aromatic heterocycles. The molecule has 120 valence electrons. The molecule has 21 heavy (non-hydrogen) atoms. The zero-order chi connectivity index (χ0) is 15.3. The third-order valence-electron chi connectivity index (χ3n) is 3.83. The van der Waals surface area contributed by atoms with Gasteiger partial charge in [0.05, 0.1) is 18.8 Å². The standard InChI is InChI=1S/C15H28N4OS/c1-15(2,3)21-9-8-16-13-6-4-5-7-14(13)19-10-12(11-20)17-18-19/h10,13-14,16,20H,4-9,11H2,1-3H3/t13-,14+/m0/s1. The van der Waals surface area contributed by atoms with E-state index >= 15 is 0 Å². The van der Waals surface area contributed by atoms with Crippen molar-refractivity contribution in [1.29, 1.82) is 0 Å². The summed E-state index contributed by atoms with van der Waals surface area (Å²) in [7, 11) is 0. The van der Waals surface area contributed by atoms with Crippen molar-refractivity contribution in [2.45, 2.75) is 69.9 Å². The van der Waals surface area contributed by atoms with Crippen LogP contribution in [0.3, 0.4) is 0 Å². The second kappa shape index (κ2) is 7.61. The zero-order valence-corrected chi connectivity index (χ0v) is 14.2. The van der Waals surface area contributed by atoms with Crippen molar-refractivity contribution in [3.8, 4) is 0 Å². The monoisotopic (exact) mass is 312 g/mol. The van der Waals surface area contributed by atoms with Gasteiger partial charge in [-0.25, -0.2) is 4.68 Å². The Morgan fingerprint density at radius 3 is 2.81 bits per heavy atom. The molecule has 1 aromatic rings. The molecule has 0 aromatic carbocycles. The third-order valence-corrected chi connectivity index (χ3v) is 5.11. The number of aromatic nitrogens is 3. The largest absolute Gasteiger partial charge is 0.390 e. The van der Waals surface area contributed by atoms with Gasteiger partial charge in [-0.15, -0.1) is 5.10 Å². The van der Waals surface area contributed by atoms with Crippen molar-refractivity contribution in [3.63, 3.8) is 0 Å². The SMILES string of the molecule is CC(C)(C)SCCN[C@H]1CCCC[C@H]1n1cc(CO)nn1. The average Bonchev–Trinajstić information content (AvgIpc) is 2.92. The first-order valence-electron chi connectivity index (χ1n) is 7.88. The molecule has 0 saturated heterocycles. The number of thioether (sulfide) groups is 1. The first kappa shape index (κ1) is 16.8. The Kier molecular flexibility index (Phi) is 6.08. The van der Waals surface area contributed by atoms with E-state index in [-0.39, 0.29) is 6.61 Å². The first-order valence-corrected chi connectivity index (χ1v) is 8.87. The predicted octanol–water partition coefficient (Wildman–Crippen LogP) is 2.38. The lowest BCUT2D eigenvalue weighted by Crippen LogP contribution is -2.41. The van der Waals surface area contributed by atoms with Crippen molar-refractivity contribution in [1.82, 2.24) is 20.3 Å². The average molecular weight is 312 g/mol. The van der Waals surface area contributed by atoms with E-state index < -0.39 is 0 Å². The molecule has 1 saturated carbocycles. The molecule has 0 spiro atoms. The van der Waals surface area contributed by atoms with Crippen LogP contribution in [-0.4, -0.2) is 43.2 Å². The Bertz CT molecular complexity index is 430. The molecule has 0 aliphatic heterocycles. The van der Waals surface area contributed by atoms with E-state index in [2.05, 4.69) is 36.4 Å². The molecular weight excluding hydrogens is 284 g/mol. The van der Waals surface area contributed by atoms with E-state index in [4.69, 9.17) is 5.11 Å². The summed E-state index contributed by atoms with van der Waals surface area (Å²) in [6.07, 6.45) is 6.74. The molecule has 2 atom stereocenters. The van der Waals surface area contributed by atoms with Gasteiger partial charge in [0.1, 0.15) is 5.69 Å². The summed E-state index contributed by atoms with van der Waals surface area (Å²) in [5, 5.41) is 21.0. The van der Waals surface area contributed by atoms with Gasteiger partial charge in [-0.1, -0.05) is 38.8 Å². The van der Waals surface area contributed by atoms with E-state index in [0.717, 1.165) is 18.7 Å². The fourth-order valence-electron chi connectivity index (χ4n) is 2.82. The highest BCUT2D eigenvalue weighted by Gasteiger charge is 2.27. The molecule has 2 rings (SSSR count). The van der Waals surface area contributed by atoms with Crippen LogP contribution in [0.5, 0.6) is 0 Å². The van der Waals surface area contributed by atoms with E-state index in [1.54, 1.807) is 0 Å². The van der Waals surface area contributed by atoms with Crippen molar-refractivity contribution in [3.05, 3.63) is 11.9 Å². The normalized spacial score (nSPS) is 23.4. The molecule has 1 aliphatic rings. The molecule has 5 nitrogen and oxygen atoms in total. The molecule has 6 heteroatoms. The van der Waals surface area contributed by atoms with Gasteiger partial charge >= 0.3 is 0 Å². The van der Waals surface area contributed by atoms with Crippen LogP contribution in [0.2, 0.25) is 0 Å². The lowest BCUT2D eigenvalue weighted by Gasteiger charge is -2.32. The first-order chi connectivity index (χ1) is 9.99. The van der Waals surface area contributed by atoms with Crippen molar-refractivity contribution in [2.75, 3.05) is 12.3 Å². The summed E-state index contributed by atoms with van der Waals surface area (Å²) in [6.45, 7) is 7.77. The van der Waals surface area contributed by atoms with Crippen LogP contribution >= 0.6 is 11.8 Å². The van der Waals surface area contributed by atoms with Gasteiger partial charge in [0.15, 0.2) is 0 Å². The summed E-state index contributed by atoms with van der Waals surface area (Å²) in [4.78, 5) is 0. The van der Waals surface area contributed by atoms with Crippen LogP contribution in [-0.2, 0) is 6.61 Å². The van der Waals surface area contributed by atoms with Gasteiger partial charge in [-0.3, -0.25) is 0 Å². The van der Waals surface area contributed by atoms with Gasteiger partial charge in [-0.05, 0) is 12.8 Å². The van der Waals surface area contributed by atoms with Gasteiger partial charge in [-0.2, -0.15) is 11.8 Å². The van der Waals surface area contributed by atoms with E-state index in [9.17, 15) is 0 Å². The Balaban J connectivity index is 1.87. The van der Waals surface area contributed by atoms with Crippen LogP contribution in [0.25, 0.3) is 0 Å². The number of rotatable bonds is 6. The molecule has 1 aliphatic carbocycles. The molecule has 0 bridgehead atoms. The van der Waals surface area contributed by atoms with Gasteiger partial charge < -0.3 is 10.4 Å². The maximum Gasteiger partial charge on any atom is 0.108 e. The fraction of sp³-hybridized carbons (Fsp3) is 0.867. The Morgan fingerprint density at radius 2 is 2.14 bits per heavy atom. The maximum absolute atomic E-state index is 9.13. The van der Waals surface area contributed by atoms with E-state index in [0.29, 0.717) is 22.5 Å². The summed E-state index contributed by atoms with van der Waals surface area (Å²) >= 11 is 2.00. The third kappa shape index (κ3) is 5.27. The number of hydrogen-bond donors (Lipinski definition) is 2. The maximum atomic E-state index is 9.13. The number of aliphatic hydroxyl groups excluding tert-OH is 1. The van der Waals surface area contributed by atoms with Gasteiger partial charge in [0.2, 0.25) is 0 Å². The highest BCUT2D eigenvalue weighted by atomic mass is 32.2. The minimum Gasteiger partial charge on any atom is -0.390 e. The molecule has 1 heterocycles. The van der Waals surface area contributed by atoms with Crippen LogP contribution in [0, 0.1) is 0 Å². The number of nitrogens with one attached hydrogen (secondary N) is 1. The minimum absolute atomic E-state index is 0.0347. The molecule has 0 amide bonds. The number of aliphatic hydroxyl groups is 1. The number of hydrogen-bond acceptors (Lipinski definition) is 5. The second-order valence-electron chi connectivity index (χ2n) is 6.72. The van der Waals surface area contributed by atoms with Crippen LogP contribution in [0.4, 0.5) is 0 Å². The quantitative estimate of drug-likeness (QED) is 0.790. The van der Waals surface area contributed by atoms with E-state index in [1.807, 2.05) is 22.6 Å². The highest BCUT2D eigenvalue weighted by molar-refractivity contribution is 8.00. The summed E-state index contributed by atoms with van der Waals surface area (Å²) in [6, 6.07) is 0.832. The topological polar surface area (TPSA) is 63.0 Å². The van der Waals surface area contributed by atoms with Crippen LogP contribution in [0.1, 0.15) is 58.2 Å². The molecule has 2 N–H and O–H groups in total. The van der Waals surface area contributed by atoms with E-state index in [1.165, 1.54) is 19.3 Å². The lowest BCUT2D eigenvalue weighted by molar-refractivity contribution is 0.247.